The molecule has 1 amide bonds. The van der Waals surface area contributed by atoms with Gasteiger partial charge in [-0.15, -0.1) is 11.3 Å². The van der Waals surface area contributed by atoms with Crippen LogP contribution in [0.3, 0.4) is 0 Å². The smallest absolute Gasteiger partial charge is 0.387 e. The lowest BCUT2D eigenvalue weighted by Gasteiger charge is -2.29. The molecular weight excluding hydrogens is 358 g/mol. The highest BCUT2D eigenvalue weighted by atomic mass is 32.1. The number of hydrogen-bond acceptors (Lipinski definition) is 4. The molecule has 2 bridgehead atoms. The minimum Gasteiger partial charge on any atom is -0.435 e. The van der Waals surface area contributed by atoms with Crippen molar-refractivity contribution in [2.24, 2.45) is 0 Å². The third kappa shape index (κ3) is 3.88. The van der Waals surface area contributed by atoms with Gasteiger partial charge in [0.2, 0.25) is 0 Å². The molecule has 2 aromatic rings. The zero-order valence-corrected chi connectivity index (χ0v) is 14.9. The molecule has 26 heavy (non-hydrogen) atoms. The molecule has 0 aliphatic carbocycles. The predicted molar refractivity (Wildman–Crippen MR) is 96.8 cm³/mol. The summed E-state index contributed by atoms with van der Waals surface area (Å²) in [6, 6.07) is 11.4. The van der Waals surface area contributed by atoms with E-state index < -0.39 is 6.61 Å². The van der Waals surface area contributed by atoms with E-state index in [-0.39, 0.29) is 17.7 Å². The fraction of sp³-hybridized carbons (Fsp3) is 0.421. The summed E-state index contributed by atoms with van der Waals surface area (Å²) < 4.78 is 28.8. The molecule has 3 heterocycles. The number of halogens is 2. The molecule has 0 saturated carbocycles. The first-order valence-electron chi connectivity index (χ1n) is 8.79. The van der Waals surface area contributed by atoms with E-state index in [9.17, 15) is 13.6 Å². The number of piperidine rings is 1. The van der Waals surface area contributed by atoms with Crippen molar-refractivity contribution < 1.29 is 18.3 Å². The van der Waals surface area contributed by atoms with Crippen LogP contribution in [-0.4, -0.2) is 30.6 Å². The van der Waals surface area contributed by atoms with Crippen molar-refractivity contribution >= 4 is 17.2 Å². The van der Waals surface area contributed by atoms with Crippen LogP contribution in [0.4, 0.5) is 8.78 Å². The molecule has 1 aromatic heterocycles. The van der Waals surface area contributed by atoms with Gasteiger partial charge in [0.15, 0.2) is 0 Å². The number of hydrogen-bond donors (Lipinski definition) is 2. The molecule has 2 N–H and O–H groups in total. The zero-order valence-electron chi connectivity index (χ0n) is 14.1. The molecule has 2 saturated heterocycles. The van der Waals surface area contributed by atoms with Crippen molar-refractivity contribution in [1.29, 1.82) is 0 Å². The Hall–Kier alpha value is -1.99. The second kappa shape index (κ2) is 7.32. The summed E-state index contributed by atoms with van der Waals surface area (Å²) in [5, 5.41) is 6.73. The van der Waals surface area contributed by atoms with Crippen molar-refractivity contribution in [1.82, 2.24) is 10.6 Å². The zero-order chi connectivity index (χ0) is 18.1. The van der Waals surface area contributed by atoms with Crippen LogP contribution in [0, 0.1) is 0 Å². The topological polar surface area (TPSA) is 50.4 Å². The van der Waals surface area contributed by atoms with Crippen molar-refractivity contribution in [3.63, 3.8) is 0 Å². The Bertz CT molecular complexity index is 766. The molecule has 2 atom stereocenters. The quantitative estimate of drug-likeness (QED) is 0.826. The minimum absolute atomic E-state index is 0.0368. The van der Waals surface area contributed by atoms with Crippen LogP contribution in [0.25, 0.3) is 10.4 Å². The van der Waals surface area contributed by atoms with Gasteiger partial charge in [-0.2, -0.15) is 8.78 Å². The molecule has 2 fully saturated rings. The monoisotopic (exact) mass is 378 g/mol. The van der Waals surface area contributed by atoms with E-state index in [1.165, 1.54) is 36.3 Å². The lowest BCUT2D eigenvalue weighted by Crippen LogP contribution is -2.47. The first-order valence-corrected chi connectivity index (χ1v) is 9.60. The summed E-state index contributed by atoms with van der Waals surface area (Å²) in [5.41, 5.74) is 0.871. The summed E-state index contributed by atoms with van der Waals surface area (Å²) in [5.74, 6) is 0.0871. The van der Waals surface area contributed by atoms with Crippen LogP contribution in [-0.2, 0) is 0 Å². The van der Waals surface area contributed by atoms with Crippen molar-refractivity contribution in [3.8, 4) is 16.2 Å². The maximum absolute atomic E-state index is 12.5. The molecule has 138 valence electrons. The maximum atomic E-state index is 12.5. The third-order valence-electron chi connectivity index (χ3n) is 5.00. The van der Waals surface area contributed by atoms with E-state index in [1.54, 1.807) is 12.1 Å². The second-order valence-corrected chi connectivity index (χ2v) is 7.93. The van der Waals surface area contributed by atoms with Crippen LogP contribution in [0.15, 0.2) is 36.4 Å². The first kappa shape index (κ1) is 17.4. The van der Waals surface area contributed by atoms with Crippen LogP contribution < -0.4 is 15.4 Å². The summed E-state index contributed by atoms with van der Waals surface area (Å²) in [6.45, 7) is -2.83. The van der Waals surface area contributed by atoms with Crippen molar-refractivity contribution in [2.45, 2.75) is 50.4 Å². The molecule has 2 aliphatic heterocycles. The molecule has 1 aromatic carbocycles. The number of fused-ring (bicyclic) bond motifs is 2. The van der Waals surface area contributed by atoms with Crippen LogP contribution in [0.1, 0.15) is 35.4 Å². The maximum Gasteiger partial charge on any atom is 0.387 e. The number of amides is 1. The number of rotatable bonds is 5. The molecule has 4 nitrogen and oxygen atoms in total. The third-order valence-corrected chi connectivity index (χ3v) is 6.14. The molecule has 2 aliphatic rings. The average molecular weight is 378 g/mol. The molecule has 2 unspecified atom stereocenters. The Morgan fingerprint density at radius 1 is 1.12 bits per heavy atom. The van der Waals surface area contributed by atoms with E-state index in [0.29, 0.717) is 17.0 Å². The van der Waals surface area contributed by atoms with E-state index in [0.717, 1.165) is 23.3 Å². The first-order chi connectivity index (χ1) is 12.6. The minimum atomic E-state index is -2.83. The Morgan fingerprint density at radius 3 is 2.46 bits per heavy atom. The van der Waals surface area contributed by atoms with Gasteiger partial charge in [-0.1, -0.05) is 0 Å². The van der Waals surface area contributed by atoms with Gasteiger partial charge in [-0.25, -0.2) is 0 Å². The standard InChI is InChI=1S/C19H20F2N2O2S/c20-19(21)25-15-5-1-11(2-6-15)16-7-8-17(26-16)18(24)23-14-9-12-3-4-13(10-14)22-12/h1-2,5-8,12-14,19,22H,3-4,9-10H2,(H,23,24). The average Bonchev–Trinajstić information content (AvgIpc) is 3.22. The normalized spacial score (nSPS) is 24.7. The van der Waals surface area contributed by atoms with E-state index >= 15 is 0 Å². The van der Waals surface area contributed by atoms with Crippen LogP contribution in [0.2, 0.25) is 0 Å². The Labute approximate surface area is 154 Å². The fourth-order valence-electron chi connectivity index (χ4n) is 3.85. The molecule has 0 radical (unpaired) electrons. The molecule has 4 rings (SSSR count). The molecule has 7 heteroatoms. The number of carbonyl (C=O) groups is 1. The Kier molecular flexibility index (Phi) is 4.91. The highest BCUT2D eigenvalue weighted by Crippen LogP contribution is 2.31. The second-order valence-electron chi connectivity index (χ2n) is 6.85. The van der Waals surface area contributed by atoms with E-state index in [1.807, 2.05) is 12.1 Å². The van der Waals surface area contributed by atoms with Gasteiger partial charge in [-0.05, 0) is 67.6 Å². The summed E-state index contributed by atoms with van der Waals surface area (Å²) >= 11 is 1.40. The predicted octanol–water partition coefficient (Wildman–Crippen LogP) is 4.03. The van der Waals surface area contributed by atoms with Gasteiger partial charge >= 0.3 is 6.61 Å². The summed E-state index contributed by atoms with van der Waals surface area (Å²) in [4.78, 5) is 14.1. The van der Waals surface area contributed by atoms with Gasteiger partial charge in [0.1, 0.15) is 5.75 Å². The largest absolute Gasteiger partial charge is 0.435 e. The number of benzene rings is 1. The van der Waals surface area contributed by atoms with Gasteiger partial charge in [0.25, 0.3) is 5.91 Å². The van der Waals surface area contributed by atoms with Gasteiger partial charge in [0.05, 0.1) is 4.88 Å². The Morgan fingerprint density at radius 2 is 1.81 bits per heavy atom. The SMILES string of the molecule is O=C(NC1CC2CCC(C1)N2)c1ccc(-c2ccc(OC(F)F)cc2)s1. The molecule has 0 spiro atoms. The fourth-order valence-corrected chi connectivity index (χ4v) is 4.76. The van der Waals surface area contributed by atoms with E-state index in [4.69, 9.17) is 0 Å². The van der Waals surface area contributed by atoms with Gasteiger partial charge in [0, 0.05) is 23.0 Å². The number of ether oxygens (including phenoxy) is 1. The van der Waals surface area contributed by atoms with Crippen LogP contribution >= 0.6 is 11.3 Å². The lowest BCUT2D eigenvalue weighted by molar-refractivity contribution is -0.0498. The van der Waals surface area contributed by atoms with E-state index in [2.05, 4.69) is 15.4 Å². The molecular formula is C19H20F2N2O2S. The number of carbonyl (C=O) groups excluding carboxylic acids is 1. The van der Waals surface area contributed by atoms with Crippen molar-refractivity contribution in [2.75, 3.05) is 0 Å². The lowest BCUT2D eigenvalue weighted by atomic mass is 10.00. The number of alkyl halides is 2. The summed E-state index contributed by atoms with van der Waals surface area (Å²) in [7, 11) is 0. The number of nitrogens with one attached hydrogen (secondary N) is 2. The van der Waals surface area contributed by atoms with Crippen molar-refractivity contribution in [3.05, 3.63) is 41.3 Å². The Balaban J connectivity index is 1.40. The highest BCUT2D eigenvalue weighted by Gasteiger charge is 2.34. The highest BCUT2D eigenvalue weighted by molar-refractivity contribution is 7.17. The number of thiophene rings is 1. The van der Waals surface area contributed by atoms with Crippen LogP contribution in [0.5, 0.6) is 5.75 Å². The van der Waals surface area contributed by atoms with Gasteiger partial charge in [-0.3, -0.25) is 4.79 Å². The van der Waals surface area contributed by atoms with Gasteiger partial charge < -0.3 is 15.4 Å². The summed E-state index contributed by atoms with van der Waals surface area (Å²) in [6.07, 6.45) is 4.38.